The summed E-state index contributed by atoms with van der Waals surface area (Å²) in [5, 5.41) is -0.148. The number of sulfonamides is 1. The summed E-state index contributed by atoms with van der Waals surface area (Å²) in [6.07, 6.45) is 1.48. The van der Waals surface area contributed by atoms with Gasteiger partial charge >= 0.3 is 5.69 Å². The van der Waals surface area contributed by atoms with Crippen LogP contribution in [0.3, 0.4) is 0 Å². The Kier molecular flexibility index (Phi) is 6.61. The van der Waals surface area contributed by atoms with Crippen LogP contribution in [-0.2, 0) is 30.2 Å². The number of imidazole rings is 1. The SMILES string of the molecule is CCCCn1c(=O)c2c(nc(NS(=O)(=O)C(C)C)n2Cc2ccc(Cl)cc2)n(C)c1=O. The maximum atomic E-state index is 13.3. The molecule has 0 unspecified atom stereocenters. The van der Waals surface area contributed by atoms with E-state index in [9.17, 15) is 18.0 Å². The Balaban J connectivity index is 2.30. The predicted molar refractivity (Wildman–Crippen MR) is 122 cm³/mol. The van der Waals surface area contributed by atoms with E-state index in [1.165, 1.54) is 20.7 Å². The lowest BCUT2D eigenvalue weighted by Crippen LogP contribution is -2.39. The predicted octanol–water partition coefficient (Wildman–Crippen LogP) is 2.55. The summed E-state index contributed by atoms with van der Waals surface area (Å²) in [5.74, 6) is -0.0148. The molecule has 3 rings (SSSR count). The van der Waals surface area contributed by atoms with Gasteiger partial charge in [0, 0.05) is 18.6 Å². The van der Waals surface area contributed by atoms with Gasteiger partial charge < -0.3 is 0 Å². The van der Waals surface area contributed by atoms with Gasteiger partial charge in [-0.05, 0) is 38.0 Å². The van der Waals surface area contributed by atoms with E-state index in [2.05, 4.69) is 9.71 Å². The molecule has 0 saturated heterocycles. The number of fused-ring (bicyclic) bond motifs is 1. The zero-order chi connectivity index (χ0) is 22.9. The molecule has 0 aliphatic rings. The Morgan fingerprint density at radius 2 is 1.77 bits per heavy atom. The van der Waals surface area contributed by atoms with Crippen LogP contribution in [0.5, 0.6) is 0 Å². The average Bonchev–Trinajstić information content (AvgIpc) is 3.05. The molecule has 0 amide bonds. The summed E-state index contributed by atoms with van der Waals surface area (Å²) in [4.78, 5) is 30.4. The van der Waals surface area contributed by atoms with Crippen LogP contribution in [-0.4, -0.2) is 32.4 Å². The summed E-state index contributed by atoms with van der Waals surface area (Å²) >= 11 is 5.97. The minimum Gasteiger partial charge on any atom is -0.299 e. The zero-order valence-electron chi connectivity index (χ0n) is 17.9. The van der Waals surface area contributed by atoms with Crippen LogP contribution in [0.1, 0.15) is 39.2 Å². The van der Waals surface area contributed by atoms with E-state index in [1.807, 2.05) is 6.92 Å². The Morgan fingerprint density at radius 3 is 2.35 bits per heavy atom. The van der Waals surface area contributed by atoms with E-state index >= 15 is 0 Å². The minimum atomic E-state index is -3.73. The van der Waals surface area contributed by atoms with Gasteiger partial charge in [0.1, 0.15) is 0 Å². The summed E-state index contributed by atoms with van der Waals surface area (Å²) in [6, 6.07) is 6.99. The van der Waals surface area contributed by atoms with Crippen LogP contribution in [0.25, 0.3) is 11.2 Å². The monoisotopic (exact) mass is 467 g/mol. The highest BCUT2D eigenvalue weighted by Crippen LogP contribution is 2.21. The molecular formula is C20H26ClN5O4S. The van der Waals surface area contributed by atoms with Gasteiger partial charge in [-0.25, -0.2) is 13.2 Å². The van der Waals surface area contributed by atoms with Gasteiger partial charge in [-0.2, -0.15) is 4.98 Å². The van der Waals surface area contributed by atoms with Crippen LogP contribution in [0.4, 0.5) is 5.95 Å². The van der Waals surface area contributed by atoms with Crippen LogP contribution in [0.15, 0.2) is 33.9 Å². The van der Waals surface area contributed by atoms with Gasteiger partial charge in [0.25, 0.3) is 5.56 Å². The van der Waals surface area contributed by atoms with Crippen molar-refractivity contribution < 1.29 is 8.42 Å². The molecule has 0 atom stereocenters. The van der Waals surface area contributed by atoms with Crippen molar-refractivity contribution in [2.45, 2.75) is 52.0 Å². The normalized spacial score (nSPS) is 12.1. The van der Waals surface area contributed by atoms with Crippen molar-refractivity contribution in [3.8, 4) is 0 Å². The number of anilines is 1. The van der Waals surface area contributed by atoms with Gasteiger partial charge in [-0.3, -0.25) is 23.2 Å². The first kappa shape index (κ1) is 23.1. The third-order valence-electron chi connectivity index (χ3n) is 5.08. The molecule has 2 heterocycles. The highest BCUT2D eigenvalue weighted by Gasteiger charge is 2.24. The molecule has 0 aliphatic carbocycles. The Hall–Kier alpha value is -2.59. The van der Waals surface area contributed by atoms with Gasteiger partial charge in [-0.1, -0.05) is 37.1 Å². The first-order valence-electron chi connectivity index (χ1n) is 10.0. The van der Waals surface area contributed by atoms with Crippen LogP contribution in [0, 0.1) is 0 Å². The van der Waals surface area contributed by atoms with Gasteiger partial charge in [0.15, 0.2) is 11.2 Å². The van der Waals surface area contributed by atoms with E-state index in [4.69, 9.17) is 11.6 Å². The number of rotatable bonds is 8. The molecule has 1 aromatic carbocycles. The maximum Gasteiger partial charge on any atom is 0.332 e. The van der Waals surface area contributed by atoms with Gasteiger partial charge in [-0.15, -0.1) is 0 Å². The number of nitrogens with zero attached hydrogens (tertiary/aromatic N) is 4. The first-order chi connectivity index (χ1) is 14.6. The summed E-state index contributed by atoms with van der Waals surface area (Å²) < 4.78 is 31.5. The van der Waals surface area contributed by atoms with Gasteiger partial charge in [0.05, 0.1) is 11.8 Å². The van der Waals surface area contributed by atoms with Crippen LogP contribution >= 0.6 is 11.6 Å². The number of nitrogens with one attached hydrogen (secondary N) is 1. The van der Waals surface area contributed by atoms with Crippen molar-refractivity contribution in [3.63, 3.8) is 0 Å². The molecule has 1 N–H and O–H groups in total. The van der Waals surface area contributed by atoms with Crippen molar-refractivity contribution in [3.05, 3.63) is 55.7 Å². The first-order valence-corrected chi connectivity index (χ1v) is 11.9. The molecule has 0 radical (unpaired) electrons. The summed E-state index contributed by atoms with van der Waals surface area (Å²) in [6.45, 7) is 5.50. The number of aromatic nitrogens is 4. The van der Waals surface area contributed by atoms with Crippen molar-refractivity contribution in [1.82, 2.24) is 18.7 Å². The number of aryl methyl sites for hydroxylation is 1. The van der Waals surface area contributed by atoms with Crippen LogP contribution in [0.2, 0.25) is 5.02 Å². The fourth-order valence-electron chi connectivity index (χ4n) is 3.13. The molecule has 3 aromatic rings. The molecular weight excluding hydrogens is 442 g/mol. The van der Waals surface area contributed by atoms with Crippen molar-refractivity contribution in [1.29, 1.82) is 0 Å². The molecule has 2 aromatic heterocycles. The highest BCUT2D eigenvalue weighted by molar-refractivity contribution is 7.93. The molecule has 31 heavy (non-hydrogen) atoms. The topological polar surface area (TPSA) is 108 Å². The number of benzene rings is 1. The average molecular weight is 468 g/mol. The van der Waals surface area contributed by atoms with E-state index in [1.54, 1.807) is 38.1 Å². The second-order valence-electron chi connectivity index (χ2n) is 7.67. The third kappa shape index (κ3) is 4.54. The van der Waals surface area contributed by atoms with E-state index in [0.717, 1.165) is 12.0 Å². The summed E-state index contributed by atoms with van der Waals surface area (Å²) in [7, 11) is -2.21. The number of unbranched alkanes of at least 4 members (excludes halogenated alkanes) is 1. The fraction of sp³-hybridized carbons (Fsp3) is 0.450. The lowest BCUT2D eigenvalue weighted by molar-refractivity contribution is 0.565. The lowest BCUT2D eigenvalue weighted by Gasteiger charge is -2.13. The van der Waals surface area contributed by atoms with Crippen LogP contribution < -0.4 is 16.0 Å². The second-order valence-corrected chi connectivity index (χ2v) is 10.3. The maximum absolute atomic E-state index is 13.3. The largest absolute Gasteiger partial charge is 0.332 e. The molecule has 0 aliphatic heterocycles. The van der Waals surface area contributed by atoms with E-state index in [0.29, 0.717) is 11.4 Å². The standard InChI is InChI=1S/C20H26ClN5O4S/c1-5-6-11-25-18(27)16-17(24(4)20(25)28)22-19(23-31(29,30)13(2)3)26(16)12-14-7-9-15(21)10-8-14/h7-10,13H,5-6,11-12H2,1-4H3,(H,22,23). The van der Waals surface area contributed by atoms with Crippen molar-refractivity contribution >= 4 is 38.7 Å². The minimum absolute atomic E-state index is 0.0148. The fourth-order valence-corrected chi connectivity index (χ4v) is 3.91. The second kappa shape index (κ2) is 8.88. The Morgan fingerprint density at radius 1 is 1.13 bits per heavy atom. The zero-order valence-corrected chi connectivity index (χ0v) is 19.5. The quantitative estimate of drug-likeness (QED) is 0.547. The molecule has 11 heteroatoms. The Bertz CT molecular complexity index is 1320. The number of hydrogen-bond acceptors (Lipinski definition) is 5. The van der Waals surface area contributed by atoms with E-state index < -0.39 is 26.5 Å². The number of hydrogen-bond donors (Lipinski definition) is 1. The summed E-state index contributed by atoms with van der Waals surface area (Å²) in [5.41, 5.74) is 0.0956. The smallest absolute Gasteiger partial charge is 0.299 e. The molecule has 0 spiro atoms. The number of halogens is 1. The Labute approximate surface area is 185 Å². The lowest BCUT2D eigenvalue weighted by atomic mass is 10.2. The molecule has 0 fully saturated rings. The third-order valence-corrected chi connectivity index (χ3v) is 7.04. The van der Waals surface area contributed by atoms with Gasteiger partial charge in [0.2, 0.25) is 16.0 Å². The van der Waals surface area contributed by atoms with E-state index in [-0.39, 0.29) is 30.2 Å². The van der Waals surface area contributed by atoms with Crippen molar-refractivity contribution in [2.75, 3.05) is 4.72 Å². The van der Waals surface area contributed by atoms with Crippen molar-refractivity contribution in [2.24, 2.45) is 7.05 Å². The molecule has 0 saturated carbocycles. The molecule has 9 nitrogen and oxygen atoms in total. The molecule has 0 bridgehead atoms. The highest BCUT2D eigenvalue weighted by atomic mass is 35.5. The molecule has 168 valence electrons.